The standard InChI is InChI=1S/C35H42F3IN4O2S/c1-6-29(18-15-26(5)35(36,37)38)30-19-16-27(17-20-30)23-42(22-21-41(8-3)9-4)32(44)24-43-34(39-33(45)31(7-2)40-43)46-25-28-13-11-10-12-14-28/h6,10-20H,1,7-9,21-25H2,2-5H3/b26-15+,29-18+. The van der Waals surface area contributed by atoms with Crippen LogP contribution in [0.3, 0.4) is 0 Å². The van der Waals surface area contributed by atoms with Gasteiger partial charge < -0.3 is 9.80 Å². The SMILES string of the molecule is C=C/C(=C\C=C(/C)C(F)(F)F)c1ccc(CN(CCN(CC)CC)C(=O)CN2N=C(CC)C(=O)I=C2SCc2ccccc2)cc1. The number of rotatable bonds is 16. The molecule has 0 aromatic heterocycles. The Morgan fingerprint density at radius 1 is 1.00 bits per heavy atom. The molecule has 0 spiro atoms. The van der Waals surface area contributed by atoms with Crippen molar-refractivity contribution in [1.82, 2.24) is 14.8 Å². The van der Waals surface area contributed by atoms with E-state index in [-0.39, 0.29) is 16.2 Å². The van der Waals surface area contributed by atoms with Gasteiger partial charge >= 0.3 is 6.18 Å². The molecule has 2 aromatic carbocycles. The molecule has 1 heterocycles. The number of carbonyl (C=O) groups excluding carboxylic acids is 2. The molecule has 0 bridgehead atoms. The molecule has 1 amide bonds. The Balaban J connectivity index is 1.82. The highest BCUT2D eigenvalue weighted by Gasteiger charge is 2.29. The maximum absolute atomic E-state index is 13.9. The van der Waals surface area contributed by atoms with Crippen LogP contribution in [0.2, 0.25) is 0 Å². The summed E-state index contributed by atoms with van der Waals surface area (Å²) in [6.07, 6.45) is 0.110. The van der Waals surface area contributed by atoms with Crippen molar-refractivity contribution in [2.45, 2.75) is 52.6 Å². The normalized spacial score (nSPS) is 14.5. The van der Waals surface area contributed by atoms with E-state index in [2.05, 4.69) is 30.4 Å². The second-order valence-corrected chi connectivity index (χ2v) is 14.8. The molecule has 11 heteroatoms. The molecule has 248 valence electrons. The lowest BCUT2D eigenvalue weighted by atomic mass is 10.0. The second-order valence-electron chi connectivity index (χ2n) is 10.6. The fourth-order valence-electron chi connectivity index (χ4n) is 4.46. The molecule has 0 fully saturated rings. The van der Waals surface area contributed by atoms with Gasteiger partial charge in [-0.2, -0.15) is 18.3 Å². The molecule has 0 unspecified atom stereocenters. The summed E-state index contributed by atoms with van der Waals surface area (Å²) in [5.74, 6) is 0.598. The average Bonchev–Trinajstić information content (AvgIpc) is 3.05. The maximum atomic E-state index is 13.9. The Kier molecular flexibility index (Phi) is 14.9. The van der Waals surface area contributed by atoms with E-state index in [1.165, 1.54) is 12.2 Å². The van der Waals surface area contributed by atoms with Crippen LogP contribution in [0.4, 0.5) is 13.2 Å². The highest BCUT2D eigenvalue weighted by atomic mass is 127. The van der Waals surface area contributed by atoms with Gasteiger partial charge in [0.15, 0.2) is 0 Å². The molecule has 3 rings (SSSR count). The van der Waals surface area contributed by atoms with E-state index in [0.29, 0.717) is 43.1 Å². The van der Waals surface area contributed by atoms with Gasteiger partial charge in [0.05, 0.1) is 0 Å². The van der Waals surface area contributed by atoms with Crippen molar-refractivity contribution < 1.29 is 22.8 Å². The van der Waals surface area contributed by atoms with E-state index in [4.69, 9.17) is 0 Å². The number of benzene rings is 2. The van der Waals surface area contributed by atoms with E-state index in [0.717, 1.165) is 45.7 Å². The van der Waals surface area contributed by atoms with Gasteiger partial charge in [-0.3, -0.25) is 9.59 Å². The first-order valence-electron chi connectivity index (χ1n) is 15.2. The average molecular weight is 767 g/mol. The second kappa shape index (κ2) is 18.3. The zero-order chi connectivity index (χ0) is 33.7. The first-order chi connectivity index (χ1) is 22.0. The predicted molar refractivity (Wildman–Crippen MR) is 194 cm³/mol. The van der Waals surface area contributed by atoms with Crippen LogP contribution >= 0.6 is 32.5 Å². The zero-order valence-corrected chi connectivity index (χ0v) is 29.8. The largest absolute Gasteiger partial charge is 0.412 e. The van der Waals surface area contributed by atoms with Crippen molar-refractivity contribution in [1.29, 1.82) is 0 Å². The minimum Gasteiger partial charge on any atom is -0.335 e. The first kappa shape index (κ1) is 37.4. The molecule has 0 saturated carbocycles. The molecule has 0 saturated heterocycles. The minimum absolute atomic E-state index is 0.0399. The van der Waals surface area contributed by atoms with Crippen LogP contribution in [-0.4, -0.2) is 72.1 Å². The Morgan fingerprint density at radius 2 is 1.67 bits per heavy atom. The van der Waals surface area contributed by atoms with E-state index >= 15 is 0 Å². The number of amides is 1. The van der Waals surface area contributed by atoms with Crippen molar-refractivity contribution in [3.63, 3.8) is 0 Å². The molecule has 0 aliphatic carbocycles. The van der Waals surface area contributed by atoms with Crippen molar-refractivity contribution in [3.8, 4) is 0 Å². The van der Waals surface area contributed by atoms with Crippen LogP contribution in [0.15, 0.2) is 90.1 Å². The van der Waals surface area contributed by atoms with Gasteiger partial charge in [0.25, 0.3) is 0 Å². The maximum Gasteiger partial charge on any atom is 0.412 e. The summed E-state index contributed by atoms with van der Waals surface area (Å²) in [7, 11) is 0. The van der Waals surface area contributed by atoms with E-state index in [1.807, 2.05) is 66.4 Å². The fourth-order valence-corrected chi connectivity index (χ4v) is 8.43. The number of nitrogens with zero attached hydrogens (tertiary/aromatic N) is 4. The number of thioether (sulfide) groups is 1. The van der Waals surface area contributed by atoms with Crippen LogP contribution in [0.25, 0.3) is 5.57 Å². The van der Waals surface area contributed by atoms with Gasteiger partial charge in [-0.05, 0) is 69.4 Å². The molecule has 2 aromatic rings. The Morgan fingerprint density at radius 3 is 2.26 bits per heavy atom. The minimum atomic E-state index is -4.39. The number of halogens is 4. The third-order valence-electron chi connectivity index (χ3n) is 7.43. The quantitative estimate of drug-likeness (QED) is 0.0985. The molecule has 0 atom stereocenters. The van der Waals surface area contributed by atoms with Gasteiger partial charge in [-0.1, -0.05) is 112 Å². The molecular formula is C35H42F3IN4O2S. The Hall–Kier alpha value is -3.03. The third-order valence-corrected chi connectivity index (χ3v) is 11.9. The van der Waals surface area contributed by atoms with E-state index < -0.39 is 32.5 Å². The van der Waals surface area contributed by atoms with Crippen molar-refractivity contribution >= 4 is 56.4 Å². The predicted octanol–water partition coefficient (Wildman–Crippen LogP) is 8.03. The molecule has 46 heavy (non-hydrogen) atoms. The van der Waals surface area contributed by atoms with Crippen molar-refractivity contribution in [2.75, 3.05) is 32.7 Å². The number of likely N-dealkylation sites (N-methyl/N-ethyl adjacent to an activating group) is 1. The van der Waals surface area contributed by atoms with Gasteiger partial charge in [0.1, 0.15) is 15.2 Å². The number of hydrogen-bond acceptors (Lipinski definition) is 6. The topological polar surface area (TPSA) is 56.2 Å². The highest BCUT2D eigenvalue weighted by Crippen LogP contribution is 2.28. The lowest BCUT2D eigenvalue weighted by Crippen LogP contribution is -2.44. The number of alkyl halides is 3. The summed E-state index contributed by atoms with van der Waals surface area (Å²) in [5, 5.41) is 6.38. The lowest BCUT2D eigenvalue weighted by Gasteiger charge is -2.30. The van der Waals surface area contributed by atoms with Gasteiger partial charge in [-0.15, -0.1) is 0 Å². The highest BCUT2D eigenvalue weighted by molar-refractivity contribution is 14.2. The molecular weight excluding hydrogens is 724 g/mol. The molecule has 0 radical (unpaired) electrons. The van der Waals surface area contributed by atoms with E-state index in [9.17, 15) is 22.8 Å². The van der Waals surface area contributed by atoms with Crippen molar-refractivity contribution in [2.24, 2.45) is 5.10 Å². The number of hydrogen-bond donors (Lipinski definition) is 0. The van der Waals surface area contributed by atoms with Crippen molar-refractivity contribution in [3.05, 3.63) is 102 Å². The Bertz CT molecular complexity index is 1470. The zero-order valence-electron chi connectivity index (χ0n) is 26.8. The summed E-state index contributed by atoms with van der Waals surface area (Å²) in [5.41, 5.74) is 3.14. The van der Waals surface area contributed by atoms with Crippen LogP contribution < -0.4 is 0 Å². The summed E-state index contributed by atoms with van der Waals surface area (Å²) < 4.78 is 39.8. The van der Waals surface area contributed by atoms with Crippen LogP contribution in [-0.2, 0) is 21.9 Å². The molecule has 1 aliphatic heterocycles. The molecule has 1 aliphatic rings. The van der Waals surface area contributed by atoms with Crippen LogP contribution in [0.1, 0.15) is 50.8 Å². The van der Waals surface area contributed by atoms with Gasteiger partial charge in [-0.25, -0.2) is 5.01 Å². The molecule has 0 N–H and O–H groups in total. The fraction of sp³-hybridized carbons (Fsp3) is 0.371. The number of allylic oxidation sites excluding steroid dienone is 5. The van der Waals surface area contributed by atoms with Crippen LogP contribution in [0.5, 0.6) is 0 Å². The summed E-state index contributed by atoms with van der Waals surface area (Å²) in [6, 6.07) is 17.4. The van der Waals surface area contributed by atoms with Crippen LogP contribution in [0, 0.1) is 0 Å². The van der Waals surface area contributed by atoms with Gasteiger partial charge in [0.2, 0.25) is 9.70 Å². The number of carbonyl (C=O) groups is 2. The summed E-state index contributed by atoms with van der Waals surface area (Å²) in [4.78, 5) is 30.8. The first-order valence-corrected chi connectivity index (χ1v) is 18.4. The summed E-state index contributed by atoms with van der Waals surface area (Å²) in [6.45, 7) is 14.2. The summed E-state index contributed by atoms with van der Waals surface area (Å²) >= 11 is 0.602. The lowest BCUT2D eigenvalue weighted by molar-refractivity contribution is -0.132. The number of hydrazone groups is 1. The Labute approximate surface area is 284 Å². The smallest absolute Gasteiger partial charge is 0.335 e. The molecule has 6 nitrogen and oxygen atoms in total. The third kappa shape index (κ3) is 11.3. The van der Waals surface area contributed by atoms with Gasteiger partial charge in [0, 0.05) is 31.0 Å². The monoisotopic (exact) mass is 766 g/mol. The van der Waals surface area contributed by atoms with E-state index in [1.54, 1.807) is 16.8 Å².